The molecule has 2 amide bonds. The second-order valence-electron chi connectivity index (χ2n) is 15.2. The van der Waals surface area contributed by atoms with Crippen LogP contribution in [0.3, 0.4) is 0 Å². The Morgan fingerprint density at radius 1 is 0.526 bits per heavy atom. The smallest absolute Gasteiger partial charge is 0.410 e. The summed E-state index contributed by atoms with van der Waals surface area (Å²) in [5, 5.41) is 21.3. The highest BCUT2D eigenvalue weighted by Crippen LogP contribution is 2.35. The zero-order chi connectivity index (χ0) is 39.6. The lowest BCUT2D eigenvalue weighted by atomic mass is 10.1. The van der Waals surface area contributed by atoms with E-state index in [-0.39, 0.29) is 12.0 Å². The fraction of sp³-hybridized carbons (Fsp3) is 0.422. The third-order valence-corrected chi connectivity index (χ3v) is 11.8. The van der Waals surface area contributed by atoms with Crippen LogP contribution in [0, 0.1) is 0 Å². The number of hydrogen-bond donors (Lipinski definition) is 2. The molecule has 0 aliphatic carbocycles. The second kappa shape index (κ2) is 19.2. The van der Waals surface area contributed by atoms with Gasteiger partial charge in [-0.05, 0) is 92.6 Å². The normalized spacial score (nSPS) is 17.5. The number of carbonyl (C=O) groups excluding carboxylic acids is 2. The lowest BCUT2D eigenvalue weighted by Gasteiger charge is -2.37. The Bertz CT molecular complexity index is 1940. The Morgan fingerprint density at radius 3 is 1.51 bits per heavy atom. The van der Waals surface area contributed by atoms with Crippen LogP contribution < -0.4 is 19.6 Å². The minimum Gasteiger partial charge on any atom is -0.506 e. The van der Waals surface area contributed by atoms with Crippen LogP contribution >= 0.6 is 11.6 Å². The number of piperazine rings is 2. The predicted molar refractivity (Wildman–Crippen MR) is 228 cm³/mol. The van der Waals surface area contributed by atoms with Gasteiger partial charge in [0.2, 0.25) is 0 Å². The van der Waals surface area contributed by atoms with E-state index < -0.39 is 0 Å². The van der Waals surface area contributed by atoms with Gasteiger partial charge in [0.25, 0.3) is 5.91 Å². The molecule has 4 aromatic rings. The average Bonchev–Trinajstić information content (AvgIpc) is 3.27. The van der Waals surface area contributed by atoms with E-state index in [4.69, 9.17) is 16.3 Å². The van der Waals surface area contributed by atoms with Gasteiger partial charge in [-0.3, -0.25) is 4.79 Å². The van der Waals surface area contributed by atoms with Crippen molar-refractivity contribution in [2.45, 2.75) is 45.1 Å². The quantitative estimate of drug-likeness (QED) is 0.194. The van der Waals surface area contributed by atoms with Crippen LogP contribution in [0.15, 0.2) is 91.0 Å². The van der Waals surface area contributed by atoms with Crippen LogP contribution in [-0.2, 0) is 11.3 Å². The summed E-state index contributed by atoms with van der Waals surface area (Å²) in [5.41, 5.74) is 5.58. The molecular weight excluding hydrogens is 740 g/mol. The topological polar surface area (TPSA) is 103 Å². The Morgan fingerprint density at radius 2 is 1.00 bits per heavy atom. The van der Waals surface area contributed by atoms with E-state index in [1.807, 2.05) is 59.5 Å². The molecule has 4 fully saturated rings. The first-order chi connectivity index (χ1) is 27.8. The number of aromatic hydroxyl groups is 2. The third kappa shape index (κ3) is 10.2. The van der Waals surface area contributed by atoms with Gasteiger partial charge in [-0.25, -0.2) is 4.79 Å². The first kappa shape index (κ1) is 39.9. The molecule has 0 spiro atoms. The number of rotatable bonds is 7. The molecule has 57 heavy (non-hydrogen) atoms. The van der Waals surface area contributed by atoms with Crippen molar-refractivity contribution >= 4 is 46.4 Å². The summed E-state index contributed by atoms with van der Waals surface area (Å²) in [6.45, 7) is 9.70. The number of carbonyl (C=O) groups is 2. The van der Waals surface area contributed by atoms with Crippen LogP contribution in [-0.4, -0.2) is 111 Å². The van der Waals surface area contributed by atoms with Crippen LogP contribution in [0.5, 0.6) is 11.5 Å². The van der Waals surface area contributed by atoms with Crippen molar-refractivity contribution in [3.63, 3.8) is 0 Å². The van der Waals surface area contributed by atoms with Crippen molar-refractivity contribution in [2.75, 3.05) is 98.1 Å². The zero-order valence-electron chi connectivity index (χ0n) is 32.8. The van der Waals surface area contributed by atoms with Crippen molar-refractivity contribution in [1.29, 1.82) is 0 Å². The molecule has 8 rings (SSSR count). The number of nitrogens with zero attached hydrogens (tertiary/aromatic N) is 6. The van der Waals surface area contributed by atoms with Gasteiger partial charge in [-0.1, -0.05) is 54.1 Å². The Hall–Kier alpha value is -5.29. The third-order valence-electron chi connectivity index (χ3n) is 11.5. The molecule has 4 aliphatic rings. The van der Waals surface area contributed by atoms with Gasteiger partial charge < -0.3 is 44.3 Å². The molecule has 4 saturated heterocycles. The van der Waals surface area contributed by atoms with Gasteiger partial charge in [0.1, 0.15) is 18.1 Å². The van der Waals surface area contributed by atoms with Crippen molar-refractivity contribution in [3.05, 3.63) is 107 Å². The number of benzene rings is 4. The molecule has 12 heteroatoms. The Balaban J connectivity index is 0.000000174. The Labute approximate surface area is 341 Å². The summed E-state index contributed by atoms with van der Waals surface area (Å²) in [7, 11) is 0. The molecule has 0 unspecified atom stereocenters. The summed E-state index contributed by atoms with van der Waals surface area (Å²) >= 11 is 6.18. The first-order valence-electron chi connectivity index (χ1n) is 20.5. The first-order valence-corrected chi connectivity index (χ1v) is 20.9. The molecule has 4 aliphatic heterocycles. The highest BCUT2D eigenvalue weighted by Gasteiger charge is 2.27. The largest absolute Gasteiger partial charge is 0.506 e. The molecule has 11 nitrogen and oxygen atoms in total. The fourth-order valence-corrected chi connectivity index (χ4v) is 8.34. The number of halogens is 1. The highest BCUT2D eigenvalue weighted by atomic mass is 35.5. The van der Waals surface area contributed by atoms with Crippen molar-refractivity contribution in [2.24, 2.45) is 0 Å². The van der Waals surface area contributed by atoms with Gasteiger partial charge in [0, 0.05) is 89.9 Å². The maximum Gasteiger partial charge on any atom is 0.410 e. The molecule has 302 valence electrons. The molecule has 0 bridgehead atoms. The minimum absolute atomic E-state index is 0.0310. The molecule has 0 radical (unpaired) electrons. The zero-order valence-corrected chi connectivity index (χ0v) is 33.5. The maximum atomic E-state index is 12.8. The summed E-state index contributed by atoms with van der Waals surface area (Å²) in [4.78, 5) is 37.8. The lowest BCUT2D eigenvalue weighted by molar-refractivity contribution is 0.0746. The molecule has 4 aromatic carbocycles. The standard InChI is InChI=1S/C23H29N3O3.C22H26ClN3O2/c27-22-10-9-20(24-11-5-2-6-12-24)17-21(22)25-13-15-26(16-14-25)23(28)29-18-19-7-3-1-4-8-19;23-19-7-3-2-6-18(19)22(28)26-14-12-25(13-15-26)20-16-17(8-9-21(20)27)24-10-4-1-5-11-24/h1,3-4,7-10,17,27H,2,5-6,11-16,18H2;2-3,6-9,16,27H,1,4-5,10-15H2. The van der Waals surface area contributed by atoms with E-state index in [2.05, 4.69) is 31.7 Å². The van der Waals surface area contributed by atoms with Gasteiger partial charge in [0.05, 0.1) is 22.0 Å². The molecule has 4 heterocycles. The van der Waals surface area contributed by atoms with Crippen LogP contribution in [0.2, 0.25) is 5.02 Å². The van der Waals surface area contributed by atoms with Crippen LogP contribution in [0.4, 0.5) is 27.5 Å². The summed E-state index contributed by atoms with van der Waals surface area (Å²) in [6, 6.07) is 28.7. The molecular formula is C45H55ClN6O5. The van der Waals surface area contributed by atoms with Crippen LogP contribution in [0.25, 0.3) is 0 Å². The monoisotopic (exact) mass is 794 g/mol. The van der Waals surface area contributed by atoms with E-state index in [1.54, 1.807) is 29.2 Å². The van der Waals surface area contributed by atoms with E-state index in [1.165, 1.54) is 49.9 Å². The number of piperidine rings is 2. The predicted octanol–water partition coefficient (Wildman–Crippen LogP) is 7.84. The fourth-order valence-electron chi connectivity index (χ4n) is 8.12. The highest BCUT2D eigenvalue weighted by molar-refractivity contribution is 6.33. The van der Waals surface area contributed by atoms with Crippen molar-refractivity contribution in [3.8, 4) is 11.5 Å². The molecule has 0 saturated carbocycles. The summed E-state index contributed by atoms with van der Waals surface area (Å²) in [5.74, 6) is 0.564. The average molecular weight is 795 g/mol. The molecule has 0 aromatic heterocycles. The number of amides is 2. The van der Waals surface area contributed by atoms with E-state index in [0.717, 1.165) is 43.1 Å². The minimum atomic E-state index is -0.278. The van der Waals surface area contributed by atoms with E-state index in [9.17, 15) is 19.8 Å². The van der Waals surface area contributed by atoms with Gasteiger partial charge in [0.15, 0.2) is 0 Å². The second-order valence-corrected chi connectivity index (χ2v) is 15.6. The Kier molecular flexibility index (Phi) is 13.5. The number of phenolic OH excluding ortho intramolecular Hbond substituents is 2. The van der Waals surface area contributed by atoms with Crippen molar-refractivity contribution in [1.82, 2.24) is 9.80 Å². The SMILES string of the molecule is O=C(OCc1ccccc1)N1CCN(c2cc(N3CCCCC3)ccc2O)CC1.O=C(c1ccccc1Cl)N1CCN(c2cc(N3CCCCC3)ccc2O)CC1. The van der Waals surface area contributed by atoms with Crippen LogP contribution in [0.1, 0.15) is 54.4 Å². The number of hydrogen-bond acceptors (Lipinski definition) is 9. The molecule has 2 N–H and O–H groups in total. The number of ether oxygens (including phenoxy) is 1. The number of anilines is 4. The number of phenols is 2. The van der Waals surface area contributed by atoms with E-state index in [0.29, 0.717) is 81.1 Å². The summed E-state index contributed by atoms with van der Waals surface area (Å²) in [6.07, 6.45) is 7.20. The lowest BCUT2D eigenvalue weighted by Crippen LogP contribution is -2.49. The van der Waals surface area contributed by atoms with Gasteiger partial charge >= 0.3 is 6.09 Å². The summed E-state index contributed by atoms with van der Waals surface area (Å²) < 4.78 is 5.44. The van der Waals surface area contributed by atoms with Gasteiger partial charge in [-0.15, -0.1) is 0 Å². The maximum absolute atomic E-state index is 12.8. The molecule has 0 atom stereocenters. The van der Waals surface area contributed by atoms with E-state index >= 15 is 0 Å². The van der Waals surface area contributed by atoms with Gasteiger partial charge in [-0.2, -0.15) is 0 Å². The van der Waals surface area contributed by atoms with Crippen molar-refractivity contribution < 1.29 is 24.5 Å².